The Morgan fingerprint density at radius 1 is 1.24 bits per heavy atom. The van der Waals surface area contributed by atoms with E-state index in [-0.39, 0.29) is 0 Å². The number of nitrogens with one attached hydrogen (secondary N) is 1. The average molecular weight is 257 g/mol. The Hall–Kier alpha value is 0.310. The van der Waals surface area contributed by atoms with Crippen molar-refractivity contribution in [2.45, 2.75) is 77.0 Å². The van der Waals surface area contributed by atoms with Crippen LogP contribution in [0.2, 0.25) is 0 Å². The molecule has 0 saturated heterocycles. The molecule has 1 fully saturated rings. The van der Waals surface area contributed by atoms with Crippen LogP contribution in [0.25, 0.3) is 0 Å². The second-order valence-electron chi connectivity index (χ2n) is 5.62. The lowest BCUT2D eigenvalue weighted by Gasteiger charge is -2.22. The first kappa shape index (κ1) is 15.4. The standard InChI is InChI=1S/C15H31NS/c1-4-8-13(3)11-14(16-5-2)12-17-15-9-6-7-10-15/h13-16H,4-12H2,1-3H3. The van der Waals surface area contributed by atoms with Crippen molar-refractivity contribution >= 4 is 11.8 Å². The molecular formula is C15H31NS. The highest BCUT2D eigenvalue weighted by Crippen LogP contribution is 2.30. The van der Waals surface area contributed by atoms with Crippen LogP contribution < -0.4 is 5.32 Å². The highest BCUT2D eigenvalue weighted by atomic mass is 32.2. The minimum Gasteiger partial charge on any atom is -0.313 e. The molecule has 0 bridgehead atoms. The zero-order chi connectivity index (χ0) is 12.5. The smallest absolute Gasteiger partial charge is 0.0160 e. The van der Waals surface area contributed by atoms with Gasteiger partial charge in [0.05, 0.1) is 0 Å². The van der Waals surface area contributed by atoms with Gasteiger partial charge in [-0.2, -0.15) is 11.8 Å². The molecular weight excluding hydrogens is 226 g/mol. The fourth-order valence-corrected chi connectivity index (χ4v) is 4.33. The predicted molar refractivity (Wildman–Crippen MR) is 80.9 cm³/mol. The summed E-state index contributed by atoms with van der Waals surface area (Å²) in [5.41, 5.74) is 0. The molecule has 1 aliphatic carbocycles. The quantitative estimate of drug-likeness (QED) is 0.654. The molecule has 1 N–H and O–H groups in total. The Kier molecular flexibility index (Phi) is 8.38. The van der Waals surface area contributed by atoms with E-state index in [4.69, 9.17) is 0 Å². The van der Waals surface area contributed by atoms with E-state index in [1.165, 1.54) is 50.7 Å². The van der Waals surface area contributed by atoms with Gasteiger partial charge in [-0.3, -0.25) is 0 Å². The summed E-state index contributed by atoms with van der Waals surface area (Å²) in [6.45, 7) is 8.06. The van der Waals surface area contributed by atoms with Crippen LogP contribution in [0.4, 0.5) is 0 Å². The second kappa shape index (κ2) is 9.27. The highest BCUT2D eigenvalue weighted by Gasteiger charge is 2.18. The van der Waals surface area contributed by atoms with E-state index in [0.717, 1.165) is 23.8 Å². The molecule has 1 nitrogen and oxygen atoms in total. The van der Waals surface area contributed by atoms with Crippen molar-refractivity contribution in [3.05, 3.63) is 0 Å². The first-order chi connectivity index (χ1) is 8.26. The molecule has 0 radical (unpaired) electrons. The van der Waals surface area contributed by atoms with Crippen LogP contribution in [0.3, 0.4) is 0 Å². The number of rotatable bonds is 9. The molecule has 17 heavy (non-hydrogen) atoms. The van der Waals surface area contributed by atoms with Crippen molar-refractivity contribution in [1.29, 1.82) is 0 Å². The van der Waals surface area contributed by atoms with Gasteiger partial charge in [-0.25, -0.2) is 0 Å². The van der Waals surface area contributed by atoms with E-state index in [1.54, 1.807) is 0 Å². The average Bonchev–Trinajstić information content (AvgIpc) is 2.79. The minimum absolute atomic E-state index is 0.743. The van der Waals surface area contributed by atoms with Gasteiger partial charge in [-0.1, -0.05) is 46.5 Å². The topological polar surface area (TPSA) is 12.0 Å². The lowest BCUT2D eigenvalue weighted by Crippen LogP contribution is -2.33. The van der Waals surface area contributed by atoms with E-state index in [2.05, 4.69) is 37.8 Å². The molecule has 0 aromatic rings. The Morgan fingerprint density at radius 2 is 1.94 bits per heavy atom. The largest absolute Gasteiger partial charge is 0.313 e. The maximum Gasteiger partial charge on any atom is 0.0160 e. The van der Waals surface area contributed by atoms with Crippen LogP contribution in [0.1, 0.15) is 65.7 Å². The van der Waals surface area contributed by atoms with E-state index in [9.17, 15) is 0 Å². The second-order valence-corrected chi connectivity index (χ2v) is 6.96. The van der Waals surface area contributed by atoms with Crippen molar-refractivity contribution in [3.8, 4) is 0 Å². The molecule has 0 spiro atoms. The van der Waals surface area contributed by atoms with Gasteiger partial charge in [0.1, 0.15) is 0 Å². The van der Waals surface area contributed by atoms with Crippen LogP contribution in [-0.2, 0) is 0 Å². The van der Waals surface area contributed by atoms with E-state index < -0.39 is 0 Å². The predicted octanol–water partition coefficient (Wildman–Crippen LogP) is 4.47. The van der Waals surface area contributed by atoms with Crippen molar-refractivity contribution in [2.75, 3.05) is 12.3 Å². The van der Waals surface area contributed by atoms with E-state index in [1.807, 2.05) is 0 Å². The van der Waals surface area contributed by atoms with Crippen LogP contribution in [0, 0.1) is 5.92 Å². The van der Waals surface area contributed by atoms with Gasteiger partial charge in [-0.15, -0.1) is 0 Å². The minimum atomic E-state index is 0.743. The van der Waals surface area contributed by atoms with Gasteiger partial charge in [0.25, 0.3) is 0 Å². The molecule has 2 heteroatoms. The zero-order valence-electron chi connectivity index (χ0n) is 12.0. The fourth-order valence-electron chi connectivity index (χ4n) is 2.90. The van der Waals surface area contributed by atoms with Crippen LogP contribution in [-0.4, -0.2) is 23.6 Å². The first-order valence-corrected chi connectivity index (χ1v) is 8.66. The van der Waals surface area contributed by atoms with Crippen molar-refractivity contribution in [2.24, 2.45) is 5.92 Å². The van der Waals surface area contributed by atoms with Crippen molar-refractivity contribution in [1.82, 2.24) is 5.32 Å². The molecule has 102 valence electrons. The molecule has 1 aliphatic rings. The Morgan fingerprint density at radius 3 is 2.53 bits per heavy atom. The third kappa shape index (κ3) is 6.71. The van der Waals surface area contributed by atoms with Crippen LogP contribution in [0.15, 0.2) is 0 Å². The van der Waals surface area contributed by atoms with Gasteiger partial charge >= 0.3 is 0 Å². The van der Waals surface area contributed by atoms with Gasteiger partial charge in [0, 0.05) is 17.0 Å². The fraction of sp³-hybridized carbons (Fsp3) is 1.00. The molecule has 0 amide bonds. The third-order valence-corrected chi connectivity index (χ3v) is 5.33. The number of hydrogen-bond acceptors (Lipinski definition) is 2. The van der Waals surface area contributed by atoms with Gasteiger partial charge in [-0.05, 0) is 31.7 Å². The maximum atomic E-state index is 3.68. The summed E-state index contributed by atoms with van der Waals surface area (Å²) in [4.78, 5) is 0. The molecule has 0 heterocycles. The number of thioether (sulfide) groups is 1. The molecule has 0 aromatic carbocycles. The van der Waals surface area contributed by atoms with Crippen LogP contribution >= 0.6 is 11.8 Å². The molecule has 0 aliphatic heterocycles. The molecule has 1 rings (SSSR count). The Bertz CT molecular complexity index is 178. The van der Waals surface area contributed by atoms with Gasteiger partial charge in [0.15, 0.2) is 0 Å². The summed E-state index contributed by atoms with van der Waals surface area (Å²) in [5, 5.41) is 4.65. The van der Waals surface area contributed by atoms with Gasteiger partial charge in [0.2, 0.25) is 0 Å². The van der Waals surface area contributed by atoms with Gasteiger partial charge < -0.3 is 5.32 Å². The third-order valence-electron chi connectivity index (χ3n) is 3.80. The summed E-state index contributed by atoms with van der Waals surface area (Å²) in [6.07, 6.45) is 9.95. The monoisotopic (exact) mass is 257 g/mol. The van der Waals surface area contributed by atoms with E-state index in [0.29, 0.717) is 0 Å². The van der Waals surface area contributed by atoms with E-state index >= 15 is 0 Å². The molecule has 2 atom stereocenters. The molecule has 1 saturated carbocycles. The lowest BCUT2D eigenvalue weighted by molar-refractivity contribution is 0.409. The summed E-state index contributed by atoms with van der Waals surface area (Å²) >= 11 is 2.23. The van der Waals surface area contributed by atoms with Crippen molar-refractivity contribution in [3.63, 3.8) is 0 Å². The summed E-state index contributed by atoms with van der Waals surface area (Å²) < 4.78 is 0. The molecule has 0 aromatic heterocycles. The summed E-state index contributed by atoms with van der Waals surface area (Å²) in [6, 6.07) is 0.743. The summed E-state index contributed by atoms with van der Waals surface area (Å²) in [5.74, 6) is 2.21. The van der Waals surface area contributed by atoms with Crippen molar-refractivity contribution < 1.29 is 0 Å². The first-order valence-electron chi connectivity index (χ1n) is 7.61. The Labute approximate surface area is 113 Å². The number of hydrogen-bond donors (Lipinski definition) is 1. The lowest BCUT2D eigenvalue weighted by atomic mass is 9.98. The van der Waals surface area contributed by atoms with Crippen LogP contribution in [0.5, 0.6) is 0 Å². The zero-order valence-corrected chi connectivity index (χ0v) is 12.8. The maximum absolute atomic E-state index is 3.68. The normalized spacial score (nSPS) is 20.6. The SMILES string of the molecule is CCCC(C)CC(CSC1CCCC1)NCC. The Balaban J connectivity index is 2.21. The highest BCUT2D eigenvalue weighted by molar-refractivity contribution is 7.99. The summed E-state index contributed by atoms with van der Waals surface area (Å²) in [7, 11) is 0. The molecule has 2 unspecified atom stereocenters.